The van der Waals surface area contributed by atoms with Crippen LogP contribution in [0.2, 0.25) is 0 Å². The van der Waals surface area contributed by atoms with E-state index in [9.17, 15) is 4.79 Å². The second kappa shape index (κ2) is 6.23. The number of fused-ring (bicyclic) bond motifs is 1. The van der Waals surface area contributed by atoms with Crippen molar-refractivity contribution in [2.75, 3.05) is 30.3 Å². The Bertz CT molecular complexity index is 612. The minimum absolute atomic E-state index is 0.0000311. The Kier molecular flexibility index (Phi) is 4.40. The van der Waals surface area contributed by atoms with Gasteiger partial charge in [-0.25, -0.2) is 0 Å². The average Bonchev–Trinajstić information content (AvgIpc) is 2.46. The van der Waals surface area contributed by atoms with Crippen LogP contribution in [0, 0.1) is 0 Å². The Morgan fingerprint density at radius 1 is 1.35 bits per heavy atom. The molecule has 0 saturated carbocycles. The smallest absolute Gasteiger partial charge is 0.239 e. The zero-order valence-electron chi connectivity index (χ0n) is 11.9. The van der Waals surface area contributed by atoms with Gasteiger partial charge in [-0.3, -0.25) is 9.78 Å². The third-order valence-corrected chi connectivity index (χ3v) is 3.23. The van der Waals surface area contributed by atoms with Crippen LogP contribution in [0.25, 0.3) is 10.9 Å². The number of carbonyl (C=O) groups is 1. The molecule has 5 heteroatoms. The molecule has 20 heavy (non-hydrogen) atoms. The number of likely N-dealkylation sites (N-methyl/N-ethyl adjacent to an activating group) is 2. The Morgan fingerprint density at radius 3 is 2.85 bits per heavy atom. The highest BCUT2D eigenvalue weighted by Gasteiger charge is 2.13. The number of pyridine rings is 1. The number of nitrogens with one attached hydrogen (secondary N) is 1. The number of aromatic nitrogens is 1. The fourth-order valence-corrected chi connectivity index (χ4v) is 2.23. The molecule has 3 N–H and O–H groups in total. The van der Waals surface area contributed by atoms with E-state index in [0.29, 0.717) is 25.3 Å². The standard InChI is InChI=1S/C15H20N4O/c1-3-17-14(20)10-19(4-2)13-8-7-12-11(15(13)16)6-5-9-18-12/h5-9H,3-4,10,16H2,1-2H3,(H,17,20). The highest BCUT2D eigenvalue weighted by molar-refractivity contribution is 5.98. The lowest BCUT2D eigenvalue weighted by molar-refractivity contribution is -0.119. The fraction of sp³-hybridized carbons (Fsp3) is 0.333. The number of nitrogens with two attached hydrogens (primary N) is 1. The van der Waals surface area contributed by atoms with Gasteiger partial charge in [0.05, 0.1) is 23.4 Å². The van der Waals surface area contributed by atoms with Crippen LogP contribution in [0.1, 0.15) is 13.8 Å². The van der Waals surface area contributed by atoms with E-state index in [-0.39, 0.29) is 5.91 Å². The van der Waals surface area contributed by atoms with E-state index in [0.717, 1.165) is 16.6 Å². The van der Waals surface area contributed by atoms with Crippen LogP contribution in [0.15, 0.2) is 30.5 Å². The minimum Gasteiger partial charge on any atom is -0.396 e. The summed E-state index contributed by atoms with van der Waals surface area (Å²) in [6, 6.07) is 7.67. The van der Waals surface area contributed by atoms with Gasteiger partial charge in [0.1, 0.15) is 0 Å². The first-order chi connectivity index (χ1) is 9.67. The number of hydrogen-bond donors (Lipinski definition) is 2. The van der Waals surface area contributed by atoms with Crippen LogP contribution in [0.3, 0.4) is 0 Å². The Labute approximate surface area is 118 Å². The number of anilines is 2. The lowest BCUT2D eigenvalue weighted by Gasteiger charge is -2.24. The summed E-state index contributed by atoms with van der Waals surface area (Å²) in [5, 5.41) is 3.72. The van der Waals surface area contributed by atoms with Crippen LogP contribution in [-0.2, 0) is 4.79 Å². The summed E-state index contributed by atoms with van der Waals surface area (Å²) < 4.78 is 0. The highest BCUT2D eigenvalue weighted by atomic mass is 16.2. The third kappa shape index (κ3) is 2.82. The lowest BCUT2D eigenvalue weighted by atomic mass is 10.1. The zero-order valence-corrected chi connectivity index (χ0v) is 11.9. The third-order valence-electron chi connectivity index (χ3n) is 3.23. The van der Waals surface area contributed by atoms with Crippen molar-refractivity contribution in [3.8, 4) is 0 Å². The fourth-order valence-electron chi connectivity index (χ4n) is 2.23. The van der Waals surface area contributed by atoms with E-state index in [4.69, 9.17) is 5.73 Å². The maximum Gasteiger partial charge on any atom is 0.239 e. The normalized spacial score (nSPS) is 10.5. The molecule has 2 aromatic rings. The van der Waals surface area contributed by atoms with Crippen molar-refractivity contribution in [2.45, 2.75) is 13.8 Å². The van der Waals surface area contributed by atoms with Crippen molar-refractivity contribution in [2.24, 2.45) is 0 Å². The monoisotopic (exact) mass is 272 g/mol. The molecule has 1 aromatic heterocycles. The molecule has 1 heterocycles. The van der Waals surface area contributed by atoms with Gasteiger partial charge in [-0.15, -0.1) is 0 Å². The quantitative estimate of drug-likeness (QED) is 0.814. The van der Waals surface area contributed by atoms with Gasteiger partial charge in [0.15, 0.2) is 0 Å². The Balaban J connectivity index is 2.34. The molecule has 0 spiro atoms. The van der Waals surface area contributed by atoms with Gasteiger partial charge in [0.25, 0.3) is 0 Å². The number of rotatable bonds is 5. The summed E-state index contributed by atoms with van der Waals surface area (Å²) in [7, 11) is 0. The van der Waals surface area contributed by atoms with Crippen molar-refractivity contribution < 1.29 is 4.79 Å². The van der Waals surface area contributed by atoms with Gasteiger partial charge in [-0.1, -0.05) is 0 Å². The van der Waals surface area contributed by atoms with E-state index in [1.807, 2.05) is 43.0 Å². The molecule has 0 aliphatic carbocycles. The molecule has 5 nitrogen and oxygen atoms in total. The van der Waals surface area contributed by atoms with Gasteiger partial charge in [0, 0.05) is 24.7 Å². The van der Waals surface area contributed by atoms with E-state index >= 15 is 0 Å². The molecule has 0 aliphatic heterocycles. The van der Waals surface area contributed by atoms with Gasteiger partial charge in [-0.05, 0) is 38.1 Å². The van der Waals surface area contributed by atoms with Crippen molar-refractivity contribution in [3.05, 3.63) is 30.5 Å². The predicted octanol–water partition coefficient (Wildman–Crippen LogP) is 1.78. The average molecular weight is 272 g/mol. The van der Waals surface area contributed by atoms with Crippen molar-refractivity contribution in [1.29, 1.82) is 0 Å². The summed E-state index contributed by atoms with van der Waals surface area (Å²) in [6.45, 7) is 5.57. The summed E-state index contributed by atoms with van der Waals surface area (Å²) >= 11 is 0. The van der Waals surface area contributed by atoms with E-state index in [1.165, 1.54) is 0 Å². The van der Waals surface area contributed by atoms with Crippen LogP contribution in [0.4, 0.5) is 11.4 Å². The molecule has 0 fully saturated rings. The Morgan fingerprint density at radius 2 is 2.15 bits per heavy atom. The number of benzene rings is 1. The van der Waals surface area contributed by atoms with Crippen molar-refractivity contribution in [1.82, 2.24) is 10.3 Å². The summed E-state index contributed by atoms with van der Waals surface area (Å²) in [5.74, 6) is 0.0000311. The summed E-state index contributed by atoms with van der Waals surface area (Å²) in [5.41, 5.74) is 8.64. The molecule has 0 atom stereocenters. The number of amides is 1. The zero-order chi connectivity index (χ0) is 14.5. The SMILES string of the molecule is CCNC(=O)CN(CC)c1ccc2ncccc2c1N. The molecule has 2 rings (SSSR count). The first kappa shape index (κ1) is 14.1. The van der Waals surface area contributed by atoms with Gasteiger partial charge < -0.3 is 16.0 Å². The maximum atomic E-state index is 11.8. The molecule has 1 aromatic carbocycles. The molecule has 0 aliphatic rings. The van der Waals surface area contributed by atoms with Gasteiger partial charge >= 0.3 is 0 Å². The number of nitrogens with zero attached hydrogens (tertiary/aromatic N) is 2. The van der Waals surface area contributed by atoms with E-state index in [2.05, 4.69) is 10.3 Å². The van der Waals surface area contributed by atoms with Crippen LogP contribution in [0.5, 0.6) is 0 Å². The topological polar surface area (TPSA) is 71.2 Å². The van der Waals surface area contributed by atoms with Crippen LogP contribution < -0.4 is 16.0 Å². The van der Waals surface area contributed by atoms with Crippen LogP contribution in [-0.4, -0.2) is 30.5 Å². The molecule has 106 valence electrons. The molecule has 0 unspecified atom stereocenters. The minimum atomic E-state index is 0.0000311. The van der Waals surface area contributed by atoms with E-state index < -0.39 is 0 Å². The second-order valence-corrected chi connectivity index (χ2v) is 4.54. The van der Waals surface area contributed by atoms with Crippen molar-refractivity contribution in [3.63, 3.8) is 0 Å². The molecule has 0 bridgehead atoms. The Hall–Kier alpha value is -2.30. The number of carbonyl (C=O) groups excluding carboxylic acids is 1. The van der Waals surface area contributed by atoms with E-state index in [1.54, 1.807) is 6.20 Å². The predicted molar refractivity (Wildman–Crippen MR) is 82.7 cm³/mol. The highest BCUT2D eigenvalue weighted by Crippen LogP contribution is 2.30. The molecule has 0 saturated heterocycles. The van der Waals surface area contributed by atoms with Crippen molar-refractivity contribution >= 4 is 28.2 Å². The van der Waals surface area contributed by atoms with Crippen LogP contribution >= 0.6 is 0 Å². The lowest BCUT2D eigenvalue weighted by Crippen LogP contribution is -2.37. The first-order valence-corrected chi connectivity index (χ1v) is 6.82. The number of nitrogen functional groups attached to an aromatic ring is 1. The number of hydrogen-bond acceptors (Lipinski definition) is 4. The van der Waals surface area contributed by atoms with Gasteiger partial charge in [-0.2, -0.15) is 0 Å². The summed E-state index contributed by atoms with van der Waals surface area (Å²) in [6.07, 6.45) is 1.74. The molecular formula is C15H20N4O. The first-order valence-electron chi connectivity index (χ1n) is 6.82. The maximum absolute atomic E-state index is 11.8. The largest absolute Gasteiger partial charge is 0.396 e. The summed E-state index contributed by atoms with van der Waals surface area (Å²) in [4.78, 5) is 18.0. The molecular weight excluding hydrogens is 252 g/mol. The van der Waals surface area contributed by atoms with Gasteiger partial charge in [0.2, 0.25) is 5.91 Å². The molecule has 0 radical (unpaired) electrons. The molecule has 1 amide bonds. The second-order valence-electron chi connectivity index (χ2n) is 4.54.